The van der Waals surface area contributed by atoms with Crippen LogP contribution in [0.1, 0.15) is 17.0 Å². The quantitative estimate of drug-likeness (QED) is 0.781. The van der Waals surface area contributed by atoms with E-state index in [1.807, 2.05) is 12.1 Å². The van der Waals surface area contributed by atoms with Gasteiger partial charge in [-0.2, -0.15) is 5.26 Å². The minimum Gasteiger partial charge on any atom is -0.348 e. The van der Waals surface area contributed by atoms with E-state index in [0.29, 0.717) is 33.4 Å². The van der Waals surface area contributed by atoms with Crippen LogP contribution in [0.4, 0.5) is 0 Å². The Morgan fingerprint density at radius 2 is 2.05 bits per heavy atom. The lowest BCUT2D eigenvalue weighted by atomic mass is 10.1. The number of nitrogens with zero attached hydrogens (tertiary/aromatic N) is 3. The Balaban J connectivity index is 1.88. The summed E-state index contributed by atoms with van der Waals surface area (Å²) in [5.74, 6) is 0.753. The molecule has 4 nitrogen and oxygen atoms in total. The molecule has 0 amide bonds. The summed E-state index contributed by atoms with van der Waals surface area (Å²) in [6, 6.07) is 11.0. The highest BCUT2D eigenvalue weighted by atomic mass is 35.5. The van der Waals surface area contributed by atoms with Crippen molar-refractivity contribution in [2.24, 2.45) is 0 Å². The van der Waals surface area contributed by atoms with Crippen molar-refractivity contribution in [3.05, 3.63) is 69.7 Å². The molecule has 3 aromatic rings. The van der Waals surface area contributed by atoms with E-state index < -0.39 is 0 Å². The van der Waals surface area contributed by atoms with Crippen molar-refractivity contribution < 1.29 is 0 Å². The Bertz CT molecular complexity index is 865. The Labute approximate surface area is 137 Å². The van der Waals surface area contributed by atoms with Gasteiger partial charge in [-0.1, -0.05) is 35.3 Å². The number of imidazole rings is 1. The minimum atomic E-state index is 0.523. The number of hydrogen-bond donors (Lipinski definition) is 1. The number of hydrogen-bond acceptors (Lipinski definition) is 3. The minimum absolute atomic E-state index is 0.523. The van der Waals surface area contributed by atoms with Crippen LogP contribution in [0, 0.1) is 11.3 Å². The smallest absolute Gasteiger partial charge is 0.111 e. The highest BCUT2D eigenvalue weighted by Crippen LogP contribution is 2.27. The summed E-state index contributed by atoms with van der Waals surface area (Å²) in [4.78, 5) is 11.8. The third-order valence-corrected chi connectivity index (χ3v) is 4.03. The topological polar surface area (TPSA) is 65.4 Å². The van der Waals surface area contributed by atoms with Gasteiger partial charge >= 0.3 is 0 Å². The van der Waals surface area contributed by atoms with Crippen LogP contribution in [0.5, 0.6) is 0 Å². The van der Waals surface area contributed by atoms with Crippen LogP contribution < -0.4 is 0 Å². The summed E-state index contributed by atoms with van der Waals surface area (Å²) in [7, 11) is 0. The van der Waals surface area contributed by atoms with Gasteiger partial charge < -0.3 is 4.98 Å². The first-order valence-electron chi connectivity index (χ1n) is 6.51. The number of benzene rings is 1. The van der Waals surface area contributed by atoms with Gasteiger partial charge in [0.2, 0.25) is 0 Å². The van der Waals surface area contributed by atoms with E-state index in [4.69, 9.17) is 28.5 Å². The molecule has 0 radical (unpaired) electrons. The maximum Gasteiger partial charge on any atom is 0.111 e. The average Bonchev–Trinajstić information content (AvgIpc) is 3.00. The van der Waals surface area contributed by atoms with E-state index in [1.54, 1.807) is 30.6 Å². The van der Waals surface area contributed by atoms with Crippen LogP contribution >= 0.6 is 23.2 Å². The predicted molar refractivity (Wildman–Crippen MR) is 85.8 cm³/mol. The number of H-pyrrole nitrogens is 1. The second-order valence-corrected chi connectivity index (χ2v) is 5.45. The summed E-state index contributed by atoms with van der Waals surface area (Å²) in [6.45, 7) is 0. The first kappa shape index (κ1) is 14.6. The van der Waals surface area contributed by atoms with Crippen molar-refractivity contribution in [3.8, 4) is 17.5 Å². The molecule has 0 saturated carbocycles. The number of aromatic nitrogens is 3. The van der Waals surface area contributed by atoms with Crippen molar-refractivity contribution >= 4 is 23.2 Å². The number of pyridine rings is 1. The molecule has 0 aliphatic heterocycles. The zero-order valence-electron chi connectivity index (χ0n) is 11.3. The highest BCUT2D eigenvalue weighted by molar-refractivity contribution is 6.42. The molecule has 1 N–H and O–H groups in total. The predicted octanol–water partition coefficient (Wildman–Crippen LogP) is 4.24. The molecule has 0 unspecified atom stereocenters. The number of nitriles is 1. The summed E-state index contributed by atoms with van der Waals surface area (Å²) in [5, 5.41) is 9.99. The molecule has 2 heterocycles. The molecule has 0 spiro atoms. The number of nitrogens with one attached hydrogen (secondary N) is 1. The normalized spacial score (nSPS) is 10.4. The van der Waals surface area contributed by atoms with Gasteiger partial charge in [-0.25, -0.2) is 4.98 Å². The third kappa shape index (κ3) is 2.96. The molecule has 2 aromatic heterocycles. The fourth-order valence-electron chi connectivity index (χ4n) is 2.09. The molecule has 0 fully saturated rings. The van der Waals surface area contributed by atoms with Crippen molar-refractivity contribution in [1.82, 2.24) is 15.0 Å². The molecular weight excluding hydrogens is 319 g/mol. The molecule has 0 atom stereocenters. The largest absolute Gasteiger partial charge is 0.348 e. The Hall–Kier alpha value is -2.35. The number of aromatic amines is 1. The second-order valence-electron chi connectivity index (χ2n) is 4.66. The van der Waals surface area contributed by atoms with Gasteiger partial charge in [-0.3, -0.25) is 4.98 Å². The second kappa shape index (κ2) is 6.18. The monoisotopic (exact) mass is 328 g/mol. The SMILES string of the molecule is N#Cc1ccnc(-c2c[nH]c(Cc3cccc(Cl)c3Cl)n2)c1. The molecule has 6 heteroatoms. The third-order valence-electron chi connectivity index (χ3n) is 3.17. The van der Waals surface area contributed by atoms with Crippen LogP contribution in [-0.2, 0) is 6.42 Å². The van der Waals surface area contributed by atoms with Crippen LogP contribution in [0.15, 0.2) is 42.7 Å². The summed E-state index contributed by atoms with van der Waals surface area (Å²) in [6.07, 6.45) is 3.89. The molecular formula is C16H10Cl2N4. The van der Waals surface area contributed by atoms with Gasteiger partial charge in [-0.05, 0) is 23.8 Å². The van der Waals surface area contributed by atoms with Gasteiger partial charge in [-0.15, -0.1) is 0 Å². The van der Waals surface area contributed by atoms with Gasteiger partial charge in [0.1, 0.15) is 11.5 Å². The Morgan fingerprint density at radius 3 is 2.86 bits per heavy atom. The van der Waals surface area contributed by atoms with E-state index >= 15 is 0 Å². The van der Waals surface area contributed by atoms with Crippen molar-refractivity contribution in [1.29, 1.82) is 5.26 Å². The molecule has 3 rings (SSSR count). The summed E-state index contributed by atoms with van der Waals surface area (Å²) < 4.78 is 0. The first-order valence-corrected chi connectivity index (χ1v) is 7.26. The number of halogens is 2. The molecule has 22 heavy (non-hydrogen) atoms. The summed E-state index contributed by atoms with van der Waals surface area (Å²) >= 11 is 12.2. The maximum atomic E-state index is 8.93. The maximum absolute atomic E-state index is 8.93. The molecule has 0 bridgehead atoms. The van der Waals surface area contributed by atoms with E-state index in [1.165, 1.54) is 0 Å². The van der Waals surface area contributed by atoms with Gasteiger partial charge in [0.25, 0.3) is 0 Å². The van der Waals surface area contributed by atoms with Crippen LogP contribution in [0.25, 0.3) is 11.4 Å². The molecule has 1 aromatic carbocycles. The van der Waals surface area contributed by atoms with Crippen LogP contribution in [0.3, 0.4) is 0 Å². The van der Waals surface area contributed by atoms with Gasteiger partial charge in [0, 0.05) is 18.8 Å². The zero-order valence-corrected chi connectivity index (χ0v) is 12.9. The Kier molecular flexibility index (Phi) is 4.10. The van der Waals surface area contributed by atoms with Crippen molar-refractivity contribution in [2.75, 3.05) is 0 Å². The standard InChI is InChI=1S/C16H10Cl2N4/c17-12-3-1-2-11(16(12)18)7-15-21-9-14(22-15)13-6-10(8-19)4-5-20-13/h1-6,9H,7H2,(H,21,22). The van der Waals surface area contributed by atoms with E-state index in [-0.39, 0.29) is 0 Å². The van der Waals surface area contributed by atoms with Crippen molar-refractivity contribution in [2.45, 2.75) is 6.42 Å². The fourth-order valence-corrected chi connectivity index (χ4v) is 2.48. The van der Waals surface area contributed by atoms with E-state index in [0.717, 1.165) is 11.4 Å². The molecule has 0 aliphatic carbocycles. The van der Waals surface area contributed by atoms with E-state index in [2.05, 4.69) is 21.0 Å². The summed E-state index contributed by atoms with van der Waals surface area (Å²) in [5.41, 5.74) is 2.78. The fraction of sp³-hybridized carbons (Fsp3) is 0.0625. The van der Waals surface area contributed by atoms with Gasteiger partial charge in [0.15, 0.2) is 0 Å². The first-order chi connectivity index (χ1) is 10.7. The van der Waals surface area contributed by atoms with Crippen LogP contribution in [-0.4, -0.2) is 15.0 Å². The van der Waals surface area contributed by atoms with Crippen molar-refractivity contribution in [3.63, 3.8) is 0 Å². The lowest BCUT2D eigenvalue weighted by Crippen LogP contribution is -1.92. The zero-order chi connectivity index (χ0) is 15.5. The lowest BCUT2D eigenvalue weighted by Gasteiger charge is -2.03. The van der Waals surface area contributed by atoms with Crippen LogP contribution in [0.2, 0.25) is 10.0 Å². The molecule has 0 aliphatic rings. The average molecular weight is 329 g/mol. The molecule has 0 saturated heterocycles. The highest BCUT2D eigenvalue weighted by Gasteiger charge is 2.10. The number of rotatable bonds is 3. The Morgan fingerprint density at radius 1 is 1.18 bits per heavy atom. The van der Waals surface area contributed by atoms with E-state index in [9.17, 15) is 0 Å². The lowest BCUT2D eigenvalue weighted by molar-refractivity contribution is 1.03. The van der Waals surface area contributed by atoms with Gasteiger partial charge in [0.05, 0.1) is 27.4 Å². The molecule has 108 valence electrons.